The van der Waals surface area contributed by atoms with Crippen LogP contribution in [0.3, 0.4) is 0 Å². The molecule has 1 aromatic rings. The van der Waals surface area contributed by atoms with Crippen LogP contribution < -0.4 is 10.3 Å². The van der Waals surface area contributed by atoms with Crippen LogP contribution in [0, 0.1) is 5.41 Å². The first kappa shape index (κ1) is 21.9. The molecule has 0 spiro atoms. The van der Waals surface area contributed by atoms with E-state index in [0.29, 0.717) is 5.56 Å². The van der Waals surface area contributed by atoms with Crippen molar-refractivity contribution in [1.82, 2.24) is 4.98 Å². The van der Waals surface area contributed by atoms with Gasteiger partial charge in [0, 0.05) is 31.4 Å². The van der Waals surface area contributed by atoms with Crippen LogP contribution in [0.2, 0.25) is 0 Å². The summed E-state index contributed by atoms with van der Waals surface area (Å²) in [6.07, 6.45) is 6.29. The molecule has 154 valence electrons. The molecule has 0 amide bonds. The van der Waals surface area contributed by atoms with Gasteiger partial charge in [-0.1, -0.05) is 39.8 Å². The van der Waals surface area contributed by atoms with Crippen LogP contribution in [0.15, 0.2) is 41.2 Å². The van der Waals surface area contributed by atoms with Gasteiger partial charge in [0.1, 0.15) is 0 Å². The topological polar surface area (TPSA) is 33.2 Å². The summed E-state index contributed by atoms with van der Waals surface area (Å²) in [7, 11) is 7.02. The van der Waals surface area contributed by atoms with Gasteiger partial charge >= 0.3 is 0 Å². The van der Waals surface area contributed by atoms with Crippen LogP contribution in [-0.2, 0) is 0 Å². The quantitative estimate of drug-likeness (QED) is 0.342. The molecule has 3 rings (SSSR count). The van der Waals surface area contributed by atoms with E-state index in [0.717, 1.165) is 39.3 Å². The molecular weight excluding hydrogens is 395 g/mol. The molecule has 0 bridgehead atoms. The Labute approximate surface area is 180 Å². The van der Waals surface area contributed by atoms with Gasteiger partial charge in [-0.05, 0) is 47.7 Å². The molecule has 1 aliphatic heterocycles. The van der Waals surface area contributed by atoms with Crippen molar-refractivity contribution in [3.63, 3.8) is 0 Å². The molecule has 0 aromatic heterocycles. The minimum atomic E-state index is 0.00985. The molecule has 1 heterocycles. The molecule has 0 radical (unpaired) electrons. The van der Waals surface area contributed by atoms with E-state index in [1.165, 1.54) is 0 Å². The van der Waals surface area contributed by atoms with Crippen LogP contribution >= 0.6 is 20.6 Å². The number of anilines is 1. The van der Waals surface area contributed by atoms with Gasteiger partial charge in [-0.2, -0.15) is 0 Å². The predicted octanol–water partition coefficient (Wildman–Crippen LogP) is 6.30. The molecule has 0 N–H and O–H groups in total. The van der Waals surface area contributed by atoms with E-state index in [-0.39, 0.29) is 16.0 Å². The molecule has 3 nitrogen and oxygen atoms in total. The number of allylic oxidation sites excluding steroid dienone is 1. The van der Waals surface area contributed by atoms with Gasteiger partial charge in [0.15, 0.2) is 5.43 Å². The van der Waals surface area contributed by atoms with E-state index in [1.54, 1.807) is 17.4 Å². The molecule has 2 atom stereocenters. The van der Waals surface area contributed by atoms with E-state index < -0.39 is 0 Å². The van der Waals surface area contributed by atoms with Crippen LogP contribution in [-0.4, -0.2) is 24.2 Å². The Morgan fingerprint density at radius 2 is 1.90 bits per heavy atom. The molecule has 1 aliphatic carbocycles. The number of nitrogens with zero attached hydrogens (tertiary/aromatic N) is 2. The third-order valence-electron chi connectivity index (χ3n) is 5.39. The van der Waals surface area contributed by atoms with E-state index in [1.807, 2.05) is 26.2 Å². The Hall–Kier alpha value is -1.77. The predicted molar refractivity (Wildman–Crippen MR) is 133 cm³/mol. The molecule has 29 heavy (non-hydrogen) atoms. The van der Waals surface area contributed by atoms with Gasteiger partial charge in [-0.15, -0.1) is 20.6 Å². The second-order valence-electron chi connectivity index (χ2n) is 9.12. The average molecular weight is 427 g/mol. The van der Waals surface area contributed by atoms with Crippen LogP contribution in [0.25, 0.3) is 26.9 Å². The normalized spacial score (nSPS) is 14.6. The molecule has 0 fully saturated rings. The van der Waals surface area contributed by atoms with Crippen LogP contribution in [0.5, 0.6) is 0 Å². The highest BCUT2D eigenvalue weighted by atomic mass is 32.1. The fourth-order valence-corrected chi connectivity index (χ4v) is 5.14. The van der Waals surface area contributed by atoms with Gasteiger partial charge in [-0.25, -0.2) is 4.98 Å². The summed E-state index contributed by atoms with van der Waals surface area (Å²) in [5, 5.41) is 0.199. The third-order valence-corrected chi connectivity index (χ3v) is 7.10. The largest absolute Gasteiger partial charge is 0.378 e. The van der Waals surface area contributed by atoms with Crippen molar-refractivity contribution in [3.8, 4) is 10.6 Å². The molecule has 2 aliphatic rings. The zero-order valence-electron chi connectivity index (χ0n) is 18.2. The maximum atomic E-state index is 12.7. The van der Waals surface area contributed by atoms with Crippen molar-refractivity contribution < 1.29 is 0 Å². The van der Waals surface area contributed by atoms with Crippen molar-refractivity contribution >= 4 is 42.6 Å². The van der Waals surface area contributed by atoms with Crippen LogP contribution in [0.1, 0.15) is 46.1 Å². The number of aromatic nitrogens is 1. The highest BCUT2D eigenvalue weighted by molar-refractivity contribution is 7.21. The zero-order valence-corrected chi connectivity index (χ0v) is 20.2. The smallest absolute Gasteiger partial charge is 0.187 e. The maximum Gasteiger partial charge on any atom is 0.187 e. The van der Waals surface area contributed by atoms with Gasteiger partial charge < -0.3 is 4.90 Å². The van der Waals surface area contributed by atoms with E-state index in [9.17, 15) is 4.79 Å². The highest BCUT2D eigenvalue weighted by Gasteiger charge is 2.25. The van der Waals surface area contributed by atoms with Crippen molar-refractivity contribution in [1.29, 1.82) is 0 Å². The summed E-state index contributed by atoms with van der Waals surface area (Å²) in [6.45, 7) is 8.93. The monoisotopic (exact) mass is 426 g/mol. The lowest BCUT2D eigenvalue weighted by Crippen LogP contribution is -2.23. The summed E-state index contributed by atoms with van der Waals surface area (Å²) < 4.78 is 1.09. The number of hydrogen-bond donors (Lipinski definition) is 0. The lowest BCUT2D eigenvalue weighted by Gasteiger charge is -2.32. The summed E-state index contributed by atoms with van der Waals surface area (Å²) in [5.41, 5.74) is 3.74. The van der Waals surface area contributed by atoms with E-state index in [2.05, 4.69) is 66.1 Å². The van der Waals surface area contributed by atoms with Gasteiger partial charge in [0.25, 0.3) is 0 Å². The average Bonchev–Trinajstić information content (AvgIpc) is 2.63. The fourth-order valence-electron chi connectivity index (χ4n) is 3.61. The number of benzene rings is 2. The van der Waals surface area contributed by atoms with Crippen LogP contribution in [0.4, 0.5) is 5.69 Å². The third kappa shape index (κ3) is 5.24. The molecule has 1 aromatic carbocycles. The molecule has 5 heteroatoms. The molecule has 2 unspecified atom stereocenters. The van der Waals surface area contributed by atoms with Crippen molar-refractivity contribution in [2.45, 2.75) is 45.7 Å². The Bertz CT molecular complexity index is 1080. The van der Waals surface area contributed by atoms with E-state index >= 15 is 0 Å². The highest BCUT2D eigenvalue weighted by Crippen LogP contribution is 2.38. The van der Waals surface area contributed by atoms with Crippen molar-refractivity contribution in [2.24, 2.45) is 5.41 Å². The first-order valence-electron chi connectivity index (χ1n) is 10.0. The minimum absolute atomic E-state index is 0.00985. The lowest BCUT2D eigenvalue weighted by molar-refractivity contribution is 0.370. The summed E-state index contributed by atoms with van der Waals surface area (Å²) in [6, 6.07) is 9.91. The SMILES string of the molecule is CCC(C)(P)CC(C)(C)/C=C/c1cc2nc3ccc(N(C)C)cc3sc-2cc1=O. The number of fused-ring (bicyclic) bond motifs is 2. The number of hydrogen-bond acceptors (Lipinski definition) is 4. The summed E-state index contributed by atoms with van der Waals surface area (Å²) in [5.74, 6) is 0. The Balaban J connectivity index is 1.99. The Kier molecular flexibility index (Phi) is 6.17. The first-order chi connectivity index (χ1) is 13.5. The van der Waals surface area contributed by atoms with Crippen molar-refractivity contribution in [2.75, 3.05) is 19.0 Å². The lowest BCUT2D eigenvalue weighted by atomic mass is 9.81. The second kappa shape index (κ2) is 8.16. The Morgan fingerprint density at radius 1 is 1.17 bits per heavy atom. The summed E-state index contributed by atoms with van der Waals surface area (Å²) >= 11 is 1.62. The second-order valence-corrected chi connectivity index (χ2v) is 11.6. The molecule has 0 saturated heterocycles. The zero-order chi connectivity index (χ0) is 21.4. The summed E-state index contributed by atoms with van der Waals surface area (Å²) in [4.78, 5) is 20.5. The molecular formula is C24H31N2OPS. The number of rotatable bonds is 6. The van der Waals surface area contributed by atoms with Gasteiger partial charge in [0.05, 0.1) is 20.8 Å². The first-order valence-corrected chi connectivity index (χ1v) is 11.4. The van der Waals surface area contributed by atoms with Crippen molar-refractivity contribution in [3.05, 3.63) is 52.2 Å². The van der Waals surface area contributed by atoms with Gasteiger partial charge in [-0.3, -0.25) is 4.79 Å². The van der Waals surface area contributed by atoms with E-state index in [4.69, 9.17) is 4.98 Å². The minimum Gasteiger partial charge on any atom is -0.378 e. The maximum absolute atomic E-state index is 12.7. The Morgan fingerprint density at radius 3 is 2.55 bits per heavy atom. The standard InChI is InChI=1S/C24H31N2OPS/c1-7-24(4,28)15-23(2,3)11-10-16-12-19-22(14-20(16)27)29-21-13-17(26(5)6)8-9-18(21)25-19/h8-14H,7,15,28H2,1-6H3/b11-10+. The fraction of sp³-hybridized carbons (Fsp3) is 0.417. The van der Waals surface area contributed by atoms with Gasteiger partial charge in [0.2, 0.25) is 0 Å². The molecule has 0 saturated carbocycles.